The van der Waals surface area contributed by atoms with Crippen molar-refractivity contribution in [3.8, 4) is 0 Å². The SMILES string of the molecule is CCn1cc(S(=O)(=O)Cl)cc1C(=O)NC1CCS(=O)CC1. The van der Waals surface area contributed by atoms with Crippen LogP contribution in [0.3, 0.4) is 0 Å². The average molecular weight is 353 g/mol. The first-order chi connectivity index (χ1) is 9.81. The van der Waals surface area contributed by atoms with Crippen molar-refractivity contribution < 1.29 is 17.4 Å². The van der Waals surface area contributed by atoms with Gasteiger partial charge >= 0.3 is 0 Å². The van der Waals surface area contributed by atoms with Crippen molar-refractivity contribution in [3.63, 3.8) is 0 Å². The molecule has 0 saturated carbocycles. The molecule has 6 nitrogen and oxygen atoms in total. The lowest BCUT2D eigenvalue weighted by molar-refractivity contribution is 0.0925. The first-order valence-corrected chi connectivity index (χ1v) is 10.4. The molecule has 0 aliphatic carbocycles. The summed E-state index contributed by atoms with van der Waals surface area (Å²) in [6, 6.07) is 1.26. The van der Waals surface area contributed by atoms with Crippen molar-refractivity contribution in [2.24, 2.45) is 0 Å². The highest BCUT2D eigenvalue weighted by Gasteiger charge is 2.23. The van der Waals surface area contributed by atoms with Crippen LogP contribution in [-0.4, -0.2) is 40.6 Å². The number of carbonyl (C=O) groups is 1. The number of hydrogen-bond acceptors (Lipinski definition) is 4. The van der Waals surface area contributed by atoms with Crippen LogP contribution >= 0.6 is 10.7 Å². The third-order valence-corrected chi connectivity index (χ3v) is 6.15. The van der Waals surface area contributed by atoms with Crippen molar-refractivity contribution in [1.29, 1.82) is 0 Å². The molecule has 1 aliphatic heterocycles. The molecule has 0 aromatic carbocycles. The molecule has 21 heavy (non-hydrogen) atoms. The third-order valence-electron chi connectivity index (χ3n) is 3.45. The highest BCUT2D eigenvalue weighted by atomic mass is 35.7. The van der Waals surface area contributed by atoms with E-state index in [1.54, 1.807) is 4.57 Å². The third kappa shape index (κ3) is 4.08. The smallest absolute Gasteiger partial charge is 0.268 e. The zero-order chi connectivity index (χ0) is 15.6. The summed E-state index contributed by atoms with van der Waals surface area (Å²) in [5.41, 5.74) is 0.267. The monoisotopic (exact) mass is 352 g/mol. The standard InChI is InChI=1S/C12H17ClN2O4S2/c1-2-15-8-10(21(13,18)19)7-11(15)12(16)14-9-3-5-20(17)6-4-9/h7-9H,2-6H2,1H3,(H,14,16). The summed E-state index contributed by atoms with van der Waals surface area (Å²) in [6.07, 6.45) is 2.70. The maximum absolute atomic E-state index is 12.3. The van der Waals surface area contributed by atoms with Gasteiger partial charge in [0.2, 0.25) is 0 Å². The molecule has 0 spiro atoms. The van der Waals surface area contributed by atoms with E-state index in [0.717, 1.165) is 0 Å². The van der Waals surface area contributed by atoms with Crippen LogP contribution in [0.25, 0.3) is 0 Å². The van der Waals surface area contributed by atoms with E-state index in [4.69, 9.17) is 10.7 Å². The minimum absolute atomic E-state index is 0.0218. The Hall–Kier alpha value is -0.860. The Kier molecular flexibility index (Phi) is 5.11. The number of nitrogens with zero attached hydrogens (tertiary/aromatic N) is 1. The van der Waals surface area contributed by atoms with Gasteiger partial charge in [0.25, 0.3) is 15.0 Å². The highest BCUT2D eigenvalue weighted by molar-refractivity contribution is 8.13. The zero-order valence-corrected chi connectivity index (χ0v) is 13.9. The minimum atomic E-state index is -3.86. The molecule has 0 bridgehead atoms. The number of nitrogens with one attached hydrogen (secondary N) is 1. The molecular formula is C12H17ClN2O4S2. The van der Waals surface area contributed by atoms with Crippen molar-refractivity contribution >= 4 is 36.4 Å². The summed E-state index contributed by atoms with van der Waals surface area (Å²) >= 11 is 0. The lowest BCUT2D eigenvalue weighted by Gasteiger charge is -2.22. The topological polar surface area (TPSA) is 85.2 Å². The second-order valence-corrected chi connectivity index (χ2v) is 9.14. The highest BCUT2D eigenvalue weighted by Crippen LogP contribution is 2.19. The van der Waals surface area contributed by atoms with Crippen LogP contribution in [0.4, 0.5) is 0 Å². The number of halogens is 1. The van der Waals surface area contributed by atoms with Gasteiger partial charge in [0.1, 0.15) is 10.6 Å². The normalized spacial score (nSPS) is 23.0. The Morgan fingerprint density at radius 3 is 2.62 bits per heavy atom. The molecule has 1 N–H and O–H groups in total. The Labute approximate surface area is 130 Å². The molecular weight excluding hydrogens is 336 g/mol. The van der Waals surface area contributed by atoms with Gasteiger partial charge in [-0.05, 0) is 25.8 Å². The van der Waals surface area contributed by atoms with Gasteiger partial charge in [0.15, 0.2) is 0 Å². The molecule has 1 amide bonds. The van der Waals surface area contributed by atoms with Gasteiger partial charge in [-0.1, -0.05) is 0 Å². The molecule has 0 unspecified atom stereocenters. The Morgan fingerprint density at radius 1 is 1.48 bits per heavy atom. The van der Waals surface area contributed by atoms with E-state index >= 15 is 0 Å². The summed E-state index contributed by atoms with van der Waals surface area (Å²) in [5.74, 6) is 0.836. The van der Waals surface area contributed by atoms with Gasteiger partial charge in [-0.15, -0.1) is 0 Å². The van der Waals surface area contributed by atoms with Gasteiger partial charge in [0, 0.05) is 51.8 Å². The van der Waals surface area contributed by atoms with E-state index in [2.05, 4.69) is 5.32 Å². The molecule has 1 fully saturated rings. The molecule has 0 radical (unpaired) electrons. The van der Waals surface area contributed by atoms with Crippen LogP contribution in [0, 0.1) is 0 Å². The van der Waals surface area contributed by atoms with Crippen LogP contribution in [-0.2, 0) is 26.4 Å². The lowest BCUT2D eigenvalue weighted by Crippen LogP contribution is -2.40. The number of amides is 1. The van der Waals surface area contributed by atoms with Gasteiger partial charge in [0.05, 0.1) is 0 Å². The number of aromatic nitrogens is 1. The van der Waals surface area contributed by atoms with Crippen LogP contribution in [0.15, 0.2) is 17.2 Å². The fraction of sp³-hybridized carbons (Fsp3) is 0.583. The van der Waals surface area contributed by atoms with Crippen molar-refractivity contribution in [3.05, 3.63) is 18.0 Å². The number of rotatable bonds is 4. The van der Waals surface area contributed by atoms with Crippen LogP contribution in [0.1, 0.15) is 30.3 Å². The van der Waals surface area contributed by atoms with Crippen molar-refractivity contribution in [1.82, 2.24) is 9.88 Å². The Balaban J connectivity index is 2.15. The Bertz CT molecular complexity index is 659. The first-order valence-electron chi connectivity index (χ1n) is 6.62. The number of carbonyl (C=O) groups excluding carboxylic acids is 1. The zero-order valence-electron chi connectivity index (χ0n) is 11.5. The quantitative estimate of drug-likeness (QED) is 0.821. The molecule has 1 aromatic heterocycles. The largest absolute Gasteiger partial charge is 0.348 e. The van der Waals surface area contributed by atoms with E-state index in [1.165, 1.54) is 12.3 Å². The van der Waals surface area contributed by atoms with Gasteiger partial charge in [-0.25, -0.2) is 8.42 Å². The summed E-state index contributed by atoms with van der Waals surface area (Å²) in [7, 11) is 0.662. The number of hydrogen-bond donors (Lipinski definition) is 1. The Morgan fingerprint density at radius 2 is 2.10 bits per heavy atom. The fourth-order valence-electron chi connectivity index (χ4n) is 2.27. The lowest BCUT2D eigenvalue weighted by atomic mass is 10.1. The van der Waals surface area contributed by atoms with Gasteiger partial charge in [-0.2, -0.15) is 0 Å². The van der Waals surface area contributed by atoms with Crippen molar-refractivity contribution in [2.45, 2.75) is 37.2 Å². The molecule has 2 rings (SSSR count). The summed E-state index contributed by atoms with van der Waals surface area (Å²) in [4.78, 5) is 12.2. The molecule has 1 aromatic rings. The van der Waals surface area contributed by atoms with E-state index < -0.39 is 19.9 Å². The second-order valence-electron chi connectivity index (χ2n) is 4.88. The summed E-state index contributed by atoms with van der Waals surface area (Å²) in [6.45, 7) is 2.27. The maximum Gasteiger partial charge on any atom is 0.268 e. The maximum atomic E-state index is 12.3. The summed E-state index contributed by atoms with van der Waals surface area (Å²) < 4.78 is 35.5. The summed E-state index contributed by atoms with van der Waals surface area (Å²) in [5, 5.41) is 2.86. The van der Waals surface area contributed by atoms with E-state index in [1.807, 2.05) is 6.92 Å². The predicted molar refractivity (Wildman–Crippen MR) is 81.5 cm³/mol. The van der Waals surface area contributed by atoms with Crippen LogP contribution < -0.4 is 5.32 Å². The van der Waals surface area contributed by atoms with Crippen LogP contribution in [0.2, 0.25) is 0 Å². The molecule has 1 aliphatic rings. The predicted octanol–water partition coefficient (Wildman–Crippen LogP) is 1.08. The molecule has 0 atom stereocenters. The van der Waals surface area contributed by atoms with E-state index in [0.29, 0.717) is 30.9 Å². The molecule has 1 saturated heterocycles. The minimum Gasteiger partial charge on any atom is -0.348 e. The van der Waals surface area contributed by atoms with E-state index in [9.17, 15) is 17.4 Å². The molecule has 118 valence electrons. The van der Waals surface area contributed by atoms with Crippen molar-refractivity contribution in [2.75, 3.05) is 11.5 Å². The average Bonchev–Trinajstić information content (AvgIpc) is 2.85. The second kappa shape index (κ2) is 6.50. The molecule has 2 heterocycles. The van der Waals surface area contributed by atoms with Gasteiger partial charge < -0.3 is 9.88 Å². The first kappa shape index (κ1) is 16.5. The number of aryl methyl sites for hydroxylation is 1. The van der Waals surface area contributed by atoms with E-state index in [-0.39, 0.29) is 22.5 Å². The van der Waals surface area contributed by atoms with Crippen LogP contribution in [0.5, 0.6) is 0 Å². The van der Waals surface area contributed by atoms with Gasteiger partial charge in [-0.3, -0.25) is 9.00 Å². The fourth-order valence-corrected chi connectivity index (χ4v) is 4.32. The molecule has 9 heteroatoms.